The van der Waals surface area contributed by atoms with Gasteiger partial charge in [-0.15, -0.1) is 0 Å². The van der Waals surface area contributed by atoms with Crippen LogP contribution in [0.25, 0.3) is 14.5 Å². The van der Waals surface area contributed by atoms with Gasteiger partial charge in [0, 0.05) is 25.2 Å². The van der Waals surface area contributed by atoms with Crippen LogP contribution in [0, 0.1) is 56.8 Å². The number of benzene rings is 4. The highest BCUT2D eigenvalue weighted by molar-refractivity contribution is 7.81. The molecule has 4 aromatic rings. The third-order valence-corrected chi connectivity index (χ3v) is 8.11. The van der Waals surface area contributed by atoms with Gasteiger partial charge in [0.15, 0.2) is 16.5 Å². The monoisotopic (exact) mass is 741 g/mol. The molecule has 5 rings (SSSR count). The molecule has 0 bridgehead atoms. The SMILES string of the molecule is [C-]#[N+]C(C)(C)Nc1ccc(F)cc1.[C-]#[N+]c1ccc(N2C(=O)C(C)(C)N(c3ccc(F)cc3)C2=S)c(F)c1C.[C-]#[N+]c1ccc(N=C=S)c(F)c1C. The Morgan fingerprint density at radius 3 is 1.81 bits per heavy atom. The van der Waals surface area contributed by atoms with Crippen molar-refractivity contribution >= 4 is 74.7 Å². The number of isothiocyanates is 1. The molecule has 0 radical (unpaired) electrons. The van der Waals surface area contributed by atoms with Gasteiger partial charge in [-0.2, -0.15) is 4.99 Å². The van der Waals surface area contributed by atoms with E-state index in [1.807, 2.05) is 0 Å². The fraction of sp³-hybridized carbons (Fsp3) is 0.211. The van der Waals surface area contributed by atoms with Gasteiger partial charge in [0.1, 0.15) is 34.5 Å². The van der Waals surface area contributed by atoms with Gasteiger partial charge in [-0.3, -0.25) is 14.5 Å². The molecule has 264 valence electrons. The highest BCUT2D eigenvalue weighted by Gasteiger charge is 2.51. The minimum Gasteiger partial charge on any atom is -0.315 e. The molecule has 0 atom stereocenters. The molecule has 1 saturated heterocycles. The summed E-state index contributed by atoms with van der Waals surface area (Å²) in [6.07, 6.45) is 0. The summed E-state index contributed by atoms with van der Waals surface area (Å²) in [5.74, 6) is -2.25. The fourth-order valence-corrected chi connectivity index (χ4v) is 5.43. The Bertz CT molecular complexity index is 2180. The van der Waals surface area contributed by atoms with E-state index in [2.05, 4.69) is 42.2 Å². The summed E-state index contributed by atoms with van der Waals surface area (Å²) in [5.41, 5.74) is 0.620. The van der Waals surface area contributed by atoms with E-state index in [1.54, 1.807) is 44.7 Å². The minimum atomic E-state index is -1.08. The predicted molar refractivity (Wildman–Crippen MR) is 203 cm³/mol. The van der Waals surface area contributed by atoms with Gasteiger partial charge < -0.3 is 10.2 Å². The molecule has 1 aliphatic heterocycles. The number of anilines is 3. The van der Waals surface area contributed by atoms with Crippen LogP contribution in [0.3, 0.4) is 0 Å². The lowest BCUT2D eigenvalue weighted by molar-refractivity contribution is -0.120. The van der Waals surface area contributed by atoms with E-state index >= 15 is 0 Å². The average molecular weight is 742 g/mol. The largest absolute Gasteiger partial charge is 0.315 e. The molecule has 0 unspecified atom stereocenters. The first-order valence-corrected chi connectivity index (χ1v) is 16.0. The fourth-order valence-electron chi connectivity index (χ4n) is 4.82. The molecule has 52 heavy (non-hydrogen) atoms. The maximum absolute atomic E-state index is 14.8. The molecular formula is C38H31F4N7OS2. The number of amides is 1. The number of nitrogens with zero attached hydrogens (tertiary/aromatic N) is 6. The van der Waals surface area contributed by atoms with Crippen molar-refractivity contribution in [2.75, 3.05) is 15.1 Å². The lowest BCUT2D eigenvalue weighted by Gasteiger charge is -2.29. The van der Waals surface area contributed by atoms with Crippen molar-refractivity contribution in [2.45, 2.75) is 52.7 Å². The zero-order chi connectivity index (χ0) is 39.0. The van der Waals surface area contributed by atoms with Gasteiger partial charge in [0.25, 0.3) is 11.6 Å². The summed E-state index contributed by atoms with van der Waals surface area (Å²) >= 11 is 9.81. The summed E-state index contributed by atoms with van der Waals surface area (Å²) in [6.45, 7) is 30.6. The van der Waals surface area contributed by atoms with E-state index in [0.29, 0.717) is 16.9 Å². The number of thiocarbonyl (C=S) groups is 2. The average Bonchev–Trinajstić information content (AvgIpc) is 3.29. The molecule has 0 spiro atoms. The molecule has 4 aromatic carbocycles. The van der Waals surface area contributed by atoms with Gasteiger partial charge >= 0.3 is 0 Å². The van der Waals surface area contributed by atoms with E-state index in [9.17, 15) is 22.4 Å². The Labute approximate surface area is 310 Å². The number of carbonyl (C=O) groups is 1. The Balaban J connectivity index is 0.000000235. The Morgan fingerprint density at radius 1 is 0.808 bits per heavy atom. The second kappa shape index (κ2) is 16.8. The van der Waals surface area contributed by atoms with Crippen LogP contribution in [0.1, 0.15) is 38.8 Å². The number of hydrogen-bond donors (Lipinski definition) is 1. The van der Waals surface area contributed by atoms with E-state index < -0.39 is 34.6 Å². The van der Waals surface area contributed by atoms with Crippen LogP contribution in [0.4, 0.5) is 51.7 Å². The summed E-state index contributed by atoms with van der Waals surface area (Å²) in [5, 5.41) is 5.15. The second-order valence-electron chi connectivity index (χ2n) is 12.1. The van der Waals surface area contributed by atoms with Gasteiger partial charge in [-0.05, 0) is 124 Å². The first-order valence-electron chi connectivity index (χ1n) is 15.2. The lowest BCUT2D eigenvalue weighted by Crippen LogP contribution is -2.44. The van der Waals surface area contributed by atoms with Crippen LogP contribution in [0.2, 0.25) is 0 Å². The zero-order valence-corrected chi connectivity index (χ0v) is 30.5. The number of aliphatic imine (C=N–C) groups is 1. The molecule has 1 N–H and O–H groups in total. The molecule has 14 heteroatoms. The van der Waals surface area contributed by atoms with Crippen molar-refractivity contribution in [1.29, 1.82) is 0 Å². The second-order valence-corrected chi connectivity index (χ2v) is 12.7. The molecule has 1 amide bonds. The maximum Gasteiger partial charge on any atom is 0.299 e. The summed E-state index contributed by atoms with van der Waals surface area (Å²) < 4.78 is 53.9. The van der Waals surface area contributed by atoms with Crippen LogP contribution in [0.5, 0.6) is 0 Å². The van der Waals surface area contributed by atoms with Crippen LogP contribution >= 0.6 is 24.4 Å². The summed E-state index contributed by atoms with van der Waals surface area (Å²) in [6, 6.07) is 17.3. The molecule has 8 nitrogen and oxygen atoms in total. The molecular weight excluding hydrogens is 711 g/mol. The lowest BCUT2D eigenvalue weighted by atomic mass is 10.0. The first-order chi connectivity index (χ1) is 24.4. The third kappa shape index (κ3) is 9.03. The van der Waals surface area contributed by atoms with Crippen LogP contribution in [0.15, 0.2) is 77.8 Å². The van der Waals surface area contributed by atoms with Crippen molar-refractivity contribution in [3.8, 4) is 0 Å². The van der Waals surface area contributed by atoms with Crippen molar-refractivity contribution in [3.05, 3.63) is 141 Å². The van der Waals surface area contributed by atoms with Crippen LogP contribution < -0.4 is 15.1 Å². The Hall–Kier alpha value is -5.97. The number of halogens is 4. The molecule has 0 aliphatic carbocycles. The summed E-state index contributed by atoms with van der Waals surface area (Å²) in [4.78, 5) is 29.0. The number of rotatable bonds is 5. The van der Waals surface area contributed by atoms with Gasteiger partial charge in [0.05, 0.1) is 24.0 Å². The summed E-state index contributed by atoms with van der Waals surface area (Å²) in [7, 11) is 0. The molecule has 1 heterocycles. The smallest absolute Gasteiger partial charge is 0.299 e. The standard InChI is InChI=1S/C19H15F2N3OS.C10H11FN2.C9H5FN2S/c1-11-14(22-4)9-10-15(16(11)21)23-17(25)19(2,3)24(18(23)26)13-7-5-12(20)6-8-13;1-10(2,12-3)13-9-6-4-8(11)5-7-9;1-6-7(11-2)3-4-8(9(6)10)12-5-13/h5-10H,1-3H3;4-7,13H,1-2H3;3-4H,1H3. The molecule has 0 aromatic heterocycles. The minimum absolute atomic E-state index is 0.00240. The van der Waals surface area contributed by atoms with E-state index in [-0.39, 0.29) is 33.6 Å². The molecule has 1 aliphatic rings. The topological polar surface area (TPSA) is 61.0 Å². The predicted octanol–water partition coefficient (Wildman–Crippen LogP) is 11.1. The zero-order valence-electron chi connectivity index (χ0n) is 28.8. The Kier molecular flexibility index (Phi) is 13.1. The first kappa shape index (κ1) is 40.5. The van der Waals surface area contributed by atoms with E-state index in [1.165, 1.54) is 74.5 Å². The highest BCUT2D eigenvalue weighted by Crippen LogP contribution is 2.39. The third-order valence-electron chi connectivity index (χ3n) is 7.65. The van der Waals surface area contributed by atoms with Gasteiger partial charge in [0.2, 0.25) is 0 Å². The Morgan fingerprint density at radius 2 is 1.31 bits per heavy atom. The van der Waals surface area contributed by atoms with Crippen molar-refractivity contribution in [3.63, 3.8) is 0 Å². The van der Waals surface area contributed by atoms with Crippen LogP contribution in [-0.2, 0) is 4.79 Å². The van der Waals surface area contributed by atoms with Gasteiger partial charge in [-0.25, -0.2) is 33.8 Å². The number of nitrogens with one attached hydrogen (secondary N) is 1. The van der Waals surface area contributed by atoms with E-state index in [0.717, 1.165) is 10.6 Å². The molecule has 1 fully saturated rings. The normalized spacial score (nSPS) is 12.9. The molecule has 0 saturated carbocycles. The van der Waals surface area contributed by atoms with Crippen molar-refractivity contribution in [2.24, 2.45) is 4.99 Å². The van der Waals surface area contributed by atoms with E-state index in [4.69, 9.17) is 31.9 Å². The maximum atomic E-state index is 14.8. The quantitative estimate of drug-likeness (QED) is 0.0955. The van der Waals surface area contributed by atoms with Crippen LogP contribution in [-0.4, -0.2) is 27.4 Å². The van der Waals surface area contributed by atoms with Gasteiger partial charge in [-0.1, -0.05) is 12.1 Å². The highest BCUT2D eigenvalue weighted by atomic mass is 32.1. The van der Waals surface area contributed by atoms with Crippen molar-refractivity contribution < 1.29 is 22.4 Å². The van der Waals surface area contributed by atoms with Crippen molar-refractivity contribution in [1.82, 2.24) is 0 Å². The number of hydrogen-bond acceptors (Lipinski definition) is 5. The number of carbonyl (C=O) groups excluding carboxylic acids is 1.